The number of fused-ring (bicyclic) bond motifs is 1. The van der Waals surface area contributed by atoms with E-state index in [-0.39, 0.29) is 12.0 Å². The number of amides is 1. The summed E-state index contributed by atoms with van der Waals surface area (Å²) in [5.41, 5.74) is 6.75. The van der Waals surface area contributed by atoms with Gasteiger partial charge in [-0.25, -0.2) is 0 Å². The molecule has 0 aliphatic carbocycles. The summed E-state index contributed by atoms with van der Waals surface area (Å²) in [6, 6.07) is 8.02. The number of nitrogens with one attached hydrogen (secondary N) is 1. The summed E-state index contributed by atoms with van der Waals surface area (Å²) in [5.74, 6) is 1.43. The van der Waals surface area contributed by atoms with Gasteiger partial charge in [-0.1, -0.05) is 25.1 Å². The SMILES string of the molecule is CC(CN)CCC(=O)NCC1Cc2ccccc2O1. The van der Waals surface area contributed by atoms with Crippen molar-refractivity contribution in [2.45, 2.75) is 32.3 Å². The predicted octanol–water partition coefficient (Wildman–Crippen LogP) is 1.48. The molecule has 0 fully saturated rings. The molecule has 1 heterocycles. The van der Waals surface area contributed by atoms with Crippen LogP contribution in [0.15, 0.2) is 24.3 Å². The lowest BCUT2D eigenvalue weighted by Gasteiger charge is -2.13. The summed E-state index contributed by atoms with van der Waals surface area (Å²) in [4.78, 5) is 11.7. The minimum absolute atomic E-state index is 0.0632. The van der Waals surface area contributed by atoms with Gasteiger partial charge in [0, 0.05) is 12.8 Å². The third kappa shape index (κ3) is 3.96. The fourth-order valence-electron chi connectivity index (χ4n) is 2.18. The van der Waals surface area contributed by atoms with E-state index in [2.05, 4.69) is 18.3 Å². The lowest BCUT2D eigenvalue weighted by molar-refractivity contribution is -0.121. The van der Waals surface area contributed by atoms with Gasteiger partial charge in [0.1, 0.15) is 11.9 Å². The molecule has 1 aromatic carbocycles. The van der Waals surface area contributed by atoms with E-state index in [1.165, 1.54) is 5.56 Å². The molecule has 4 heteroatoms. The monoisotopic (exact) mass is 262 g/mol. The third-order valence-corrected chi connectivity index (χ3v) is 3.51. The van der Waals surface area contributed by atoms with Gasteiger partial charge >= 0.3 is 0 Å². The minimum Gasteiger partial charge on any atom is -0.488 e. The molecule has 3 N–H and O–H groups in total. The molecule has 0 spiro atoms. The van der Waals surface area contributed by atoms with E-state index in [0.717, 1.165) is 18.6 Å². The first-order valence-electron chi connectivity index (χ1n) is 6.90. The van der Waals surface area contributed by atoms with Crippen LogP contribution in [-0.4, -0.2) is 25.1 Å². The quantitative estimate of drug-likeness (QED) is 0.816. The van der Waals surface area contributed by atoms with E-state index in [1.807, 2.05) is 18.2 Å². The molecule has 2 atom stereocenters. The summed E-state index contributed by atoms with van der Waals surface area (Å²) in [6.45, 7) is 3.27. The van der Waals surface area contributed by atoms with Crippen molar-refractivity contribution in [3.8, 4) is 5.75 Å². The Labute approximate surface area is 114 Å². The summed E-state index contributed by atoms with van der Waals surface area (Å²) in [7, 11) is 0. The normalized spacial score (nSPS) is 18.5. The average molecular weight is 262 g/mol. The number of nitrogens with two attached hydrogens (primary N) is 1. The van der Waals surface area contributed by atoms with E-state index in [1.54, 1.807) is 0 Å². The number of rotatable bonds is 6. The van der Waals surface area contributed by atoms with Crippen molar-refractivity contribution in [2.75, 3.05) is 13.1 Å². The Morgan fingerprint density at radius 3 is 3.05 bits per heavy atom. The number of benzene rings is 1. The van der Waals surface area contributed by atoms with Gasteiger partial charge in [-0.2, -0.15) is 0 Å². The van der Waals surface area contributed by atoms with Gasteiger partial charge < -0.3 is 15.8 Å². The van der Waals surface area contributed by atoms with Crippen LogP contribution in [0.25, 0.3) is 0 Å². The number of ether oxygens (including phenoxy) is 1. The molecule has 1 aromatic rings. The molecule has 0 radical (unpaired) electrons. The van der Waals surface area contributed by atoms with Crippen LogP contribution in [0.1, 0.15) is 25.3 Å². The highest BCUT2D eigenvalue weighted by molar-refractivity contribution is 5.75. The lowest BCUT2D eigenvalue weighted by Crippen LogP contribution is -2.34. The average Bonchev–Trinajstić information content (AvgIpc) is 2.85. The van der Waals surface area contributed by atoms with Crippen molar-refractivity contribution in [1.82, 2.24) is 5.32 Å². The highest BCUT2D eigenvalue weighted by Gasteiger charge is 2.22. The van der Waals surface area contributed by atoms with Crippen LogP contribution in [0.3, 0.4) is 0 Å². The molecule has 0 saturated carbocycles. The van der Waals surface area contributed by atoms with Crippen LogP contribution in [0.4, 0.5) is 0 Å². The van der Waals surface area contributed by atoms with Crippen molar-refractivity contribution >= 4 is 5.91 Å². The van der Waals surface area contributed by atoms with Crippen molar-refractivity contribution in [3.63, 3.8) is 0 Å². The van der Waals surface area contributed by atoms with E-state index >= 15 is 0 Å². The van der Waals surface area contributed by atoms with Crippen molar-refractivity contribution < 1.29 is 9.53 Å². The van der Waals surface area contributed by atoms with Gasteiger partial charge in [0.25, 0.3) is 0 Å². The van der Waals surface area contributed by atoms with Gasteiger partial charge in [0.15, 0.2) is 0 Å². The first-order valence-corrected chi connectivity index (χ1v) is 6.90. The second-order valence-electron chi connectivity index (χ2n) is 5.24. The molecule has 19 heavy (non-hydrogen) atoms. The second kappa shape index (κ2) is 6.57. The Morgan fingerprint density at radius 1 is 1.53 bits per heavy atom. The number of hydrogen-bond acceptors (Lipinski definition) is 3. The molecule has 0 saturated heterocycles. The smallest absolute Gasteiger partial charge is 0.220 e. The molecule has 1 amide bonds. The standard InChI is InChI=1S/C15H22N2O2/c1-11(9-16)6-7-15(18)17-10-13-8-12-4-2-3-5-14(12)19-13/h2-5,11,13H,6-10,16H2,1H3,(H,17,18). The fourth-order valence-corrected chi connectivity index (χ4v) is 2.18. The highest BCUT2D eigenvalue weighted by atomic mass is 16.5. The first-order chi connectivity index (χ1) is 9.19. The van der Waals surface area contributed by atoms with Crippen molar-refractivity contribution in [2.24, 2.45) is 11.7 Å². The Morgan fingerprint density at radius 2 is 2.32 bits per heavy atom. The first kappa shape index (κ1) is 13.9. The van der Waals surface area contributed by atoms with Gasteiger partial charge in [-0.3, -0.25) is 4.79 Å². The van der Waals surface area contributed by atoms with Crippen LogP contribution in [0, 0.1) is 5.92 Å². The Bertz CT molecular complexity index is 409. The largest absolute Gasteiger partial charge is 0.488 e. The van der Waals surface area contributed by atoms with Gasteiger partial charge in [-0.15, -0.1) is 0 Å². The predicted molar refractivity (Wildman–Crippen MR) is 75.0 cm³/mol. The Hall–Kier alpha value is -1.55. The molecule has 1 aliphatic heterocycles. The maximum atomic E-state index is 11.7. The zero-order chi connectivity index (χ0) is 13.7. The lowest BCUT2D eigenvalue weighted by atomic mass is 10.1. The topological polar surface area (TPSA) is 64.4 Å². The highest BCUT2D eigenvalue weighted by Crippen LogP contribution is 2.27. The molecule has 104 valence electrons. The fraction of sp³-hybridized carbons (Fsp3) is 0.533. The molecular weight excluding hydrogens is 240 g/mol. The number of carbonyl (C=O) groups excluding carboxylic acids is 1. The maximum absolute atomic E-state index is 11.7. The summed E-state index contributed by atoms with van der Waals surface area (Å²) in [5, 5.41) is 2.93. The van der Waals surface area contributed by atoms with Crippen molar-refractivity contribution in [1.29, 1.82) is 0 Å². The van der Waals surface area contributed by atoms with E-state index < -0.39 is 0 Å². The van der Waals surface area contributed by atoms with Crippen LogP contribution in [-0.2, 0) is 11.2 Å². The Kier molecular flexibility index (Phi) is 4.80. The van der Waals surface area contributed by atoms with Crippen LogP contribution in [0.5, 0.6) is 5.75 Å². The van der Waals surface area contributed by atoms with Gasteiger partial charge in [0.05, 0.1) is 6.54 Å². The summed E-state index contributed by atoms with van der Waals surface area (Å²) in [6.07, 6.45) is 2.31. The molecule has 0 bridgehead atoms. The molecule has 2 rings (SSSR count). The molecule has 2 unspecified atom stereocenters. The molecule has 0 aromatic heterocycles. The maximum Gasteiger partial charge on any atom is 0.220 e. The molecule has 1 aliphatic rings. The van der Waals surface area contributed by atoms with Gasteiger partial charge in [-0.05, 0) is 30.5 Å². The number of carbonyl (C=O) groups is 1. The molecular formula is C15H22N2O2. The Balaban J connectivity index is 1.69. The zero-order valence-electron chi connectivity index (χ0n) is 11.4. The van der Waals surface area contributed by atoms with Crippen LogP contribution in [0.2, 0.25) is 0 Å². The number of hydrogen-bond donors (Lipinski definition) is 2. The van der Waals surface area contributed by atoms with Crippen LogP contribution >= 0.6 is 0 Å². The molecule has 4 nitrogen and oxygen atoms in total. The van der Waals surface area contributed by atoms with Crippen molar-refractivity contribution in [3.05, 3.63) is 29.8 Å². The minimum atomic E-state index is 0.0632. The zero-order valence-corrected chi connectivity index (χ0v) is 11.4. The third-order valence-electron chi connectivity index (χ3n) is 3.51. The summed E-state index contributed by atoms with van der Waals surface area (Å²) < 4.78 is 5.77. The van der Waals surface area contributed by atoms with Crippen LogP contribution < -0.4 is 15.8 Å². The van der Waals surface area contributed by atoms with E-state index in [0.29, 0.717) is 25.4 Å². The second-order valence-corrected chi connectivity index (χ2v) is 5.24. The van der Waals surface area contributed by atoms with Gasteiger partial charge in [0.2, 0.25) is 5.91 Å². The van der Waals surface area contributed by atoms with E-state index in [9.17, 15) is 4.79 Å². The van der Waals surface area contributed by atoms with E-state index in [4.69, 9.17) is 10.5 Å². The number of para-hydroxylation sites is 1. The summed E-state index contributed by atoms with van der Waals surface area (Å²) >= 11 is 0.